The van der Waals surface area contributed by atoms with Crippen molar-refractivity contribution in [3.63, 3.8) is 0 Å². The highest BCUT2D eigenvalue weighted by Crippen LogP contribution is 2.16. The molecule has 0 amide bonds. The Morgan fingerprint density at radius 1 is 0.290 bits per heavy atom. The zero-order valence-corrected chi connectivity index (χ0v) is 45.8. The third-order valence-electron chi connectivity index (χ3n) is 13.0. The Morgan fingerprint density at radius 2 is 0.522 bits per heavy atom. The SMILES string of the molecule is CCCCCC/C=C\C/C=C\CCCCCCCC(=O)OC(COC(=O)CCCCCCCC/C=C\C/C=C\C/C=C\CCCCCCC)COC(=O)CCCCCCCCCCCCCCCC. The van der Waals surface area contributed by atoms with Gasteiger partial charge in [0.15, 0.2) is 6.10 Å². The topological polar surface area (TPSA) is 78.9 Å². The number of hydrogen-bond donors (Lipinski definition) is 0. The molecule has 0 N–H and O–H groups in total. The van der Waals surface area contributed by atoms with E-state index in [1.54, 1.807) is 0 Å². The average molecular weight is 966 g/mol. The molecule has 6 nitrogen and oxygen atoms in total. The van der Waals surface area contributed by atoms with Gasteiger partial charge in [-0.1, -0.05) is 255 Å². The molecule has 0 radical (unpaired) electrons. The molecular formula is C63H112O6. The summed E-state index contributed by atoms with van der Waals surface area (Å²) in [7, 11) is 0. The van der Waals surface area contributed by atoms with E-state index in [0.29, 0.717) is 19.3 Å². The first kappa shape index (κ1) is 66.1. The molecule has 0 heterocycles. The number of hydrogen-bond acceptors (Lipinski definition) is 6. The summed E-state index contributed by atoms with van der Waals surface area (Å²) in [6.45, 7) is 6.62. The largest absolute Gasteiger partial charge is 0.462 e. The van der Waals surface area contributed by atoms with Crippen LogP contribution >= 0.6 is 0 Å². The van der Waals surface area contributed by atoms with Gasteiger partial charge in [0.1, 0.15) is 13.2 Å². The van der Waals surface area contributed by atoms with Gasteiger partial charge in [-0.05, 0) is 89.9 Å². The van der Waals surface area contributed by atoms with Crippen LogP contribution in [-0.2, 0) is 28.6 Å². The lowest BCUT2D eigenvalue weighted by Gasteiger charge is -2.18. The van der Waals surface area contributed by atoms with Crippen LogP contribution in [0.4, 0.5) is 0 Å². The van der Waals surface area contributed by atoms with E-state index >= 15 is 0 Å². The van der Waals surface area contributed by atoms with Crippen molar-refractivity contribution in [2.45, 2.75) is 309 Å². The Kier molecular flexibility index (Phi) is 55.3. The minimum atomic E-state index is -0.786. The highest BCUT2D eigenvalue weighted by atomic mass is 16.6. The van der Waals surface area contributed by atoms with E-state index in [9.17, 15) is 14.4 Å². The van der Waals surface area contributed by atoms with Gasteiger partial charge in [-0.3, -0.25) is 14.4 Å². The molecular weight excluding hydrogens is 853 g/mol. The summed E-state index contributed by atoms with van der Waals surface area (Å²) >= 11 is 0. The highest BCUT2D eigenvalue weighted by Gasteiger charge is 2.19. The van der Waals surface area contributed by atoms with E-state index in [1.165, 1.54) is 161 Å². The average Bonchev–Trinajstić information content (AvgIpc) is 3.35. The molecule has 0 aliphatic heterocycles. The van der Waals surface area contributed by atoms with Crippen LogP contribution in [0.3, 0.4) is 0 Å². The monoisotopic (exact) mass is 965 g/mol. The number of carbonyl (C=O) groups excluding carboxylic acids is 3. The maximum atomic E-state index is 12.9. The standard InChI is InChI=1S/C63H112O6/c1-4-7-10-13-16-19-22-25-28-30-31-32-33-34-36-38-41-44-47-50-53-56-62(65)68-59-60(58-67-61(64)55-52-49-46-43-40-37-27-24-21-18-15-12-9-6-3)69-63(66)57-54-51-48-45-42-39-35-29-26-23-20-17-14-11-8-5-2/h20,22-23,25,29-31,33-35,60H,4-19,21,24,26-28,32,36-59H2,1-3H3/b23-20-,25-22-,31-30-,34-33-,35-29-. The molecule has 0 bridgehead atoms. The summed E-state index contributed by atoms with van der Waals surface area (Å²) in [6, 6.07) is 0. The molecule has 1 unspecified atom stereocenters. The maximum Gasteiger partial charge on any atom is 0.306 e. The summed E-state index contributed by atoms with van der Waals surface area (Å²) in [6.07, 6.45) is 72.1. The fourth-order valence-electron chi connectivity index (χ4n) is 8.48. The van der Waals surface area contributed by atoms with Gasteiger partial charge in [0, 0.05) is 19.3 Å². The Labute approximate surface area is 428 Å². The fourth-order valence-corrected chi connectivity index (χ4v) is 8.48. The molecule has 0 spiro atoms. The van der Waals surface area contributed by atoms with E-state index in [0.717, 1.165) is 103 Å². The van der Waals surface area contributed by atoms with E-state index in [4.69, 9.17) is 14.2 Å². The van der Waals surface area contributed by atoms with Gasteiger partial charge in [0.2, 0.25) is 0 Å². The van der Waals surface area contributed by atoms with Gasteiger partial charge in [-0.15, -0.1) is 0 Å². The van der Waals surface area contributed by atoms with Gasteiger partial charge in [0.05, 0.1) is 0 Å². The third kappa shape index (κ3) is 55.9. The van der Waals surface area contributed by atoms with Gasteiger partial charge < -0.3 is 14.2 Å². The summed E-state index contributed by atoms with van der Waals surface area (Å²) < 4.78 is 16.9. The lowest BCUT2D eigenvalue weighted by molar-refractivity contribution is -0.167. The van der Waals surface area contributed by atoms with Gasteiger partial charge >= 0.3 is 17.9 Å². The second-order valence-electron chi connectivity index (χ2n) is 19.9. The molecule has 0 saturated heterocycles. The van der Waals surface area contributed by atoms with Crippen LogP contribution in [0.25, 0.3) is 0 Å². The van der Waals surface area contributed by atoms with E-state index in [1.807, 2.05) is 0 Å². The lowest BCUT2D eigenvalue weighted by Crippen LogP contribution is -2.30. The number of rotatable bonds is 54. The lowest BCUT2D eigenvalue weighted by atomic mass is 10.0. The Bertz CT molecular complexity index is 1250. The van der Waals surface area contributed by atoms with Crippen LogP contribution in [0.2, 0.25) is 0 Å². The maximum absolute atomic E-state index is 12.9. The molecule has 400 valence electrons. The van der Waals surface area contributed by atoms with E-state index in [-0.39, 0.29) is 31.1 Å². The Balaban J connectivity index is 4.39. The number of ether oxygens (including phenoxy) is 3. The van der Waals surface area contributed by atoms with Crippen molar-refractivity contribution < 1.29 is 28.6 Å². The number of unbranched alkanes of at least 4 members (excludes halogenated alkanes) is 33. The van der Waals surface area contributed by atoms with Crippen LogP contribution in [0.5, 0.6) is 0 Å². The molecule has 0 saturated carbocycles. The third-order valence-corrected chi connectivity index (χ3v) is 13.0. The zero-order chi connectivity index (χ0) is 50.0. The molecule has 69 heavy (non-hydrogen) atoms. The molecule has 0 aromatic carbocycles. The van der Waals surface area contributed by atoms with Crippen molar-refractivity contribution in [1.82, 2.24) is 0 Å². The zero-order valence-electron chi connectivity index (χ0n) is 45.8. The van der Waals surface area contributed by atoms with Crippen molar-refractivity contribution in [3.8, 4) is 0 Å². The summed E-state index contributed by atoms with van der Waals surface area (Å²) in [5, 5.41) is 0. The first-order valence-electron chi connectivity index (χ1n) is 29.8. The summed E-state index contributed by atoms with van der Waals surface area (Å²) in [5.41, 5.74) is 0. The van der Waals surface area contributed by atoms with Crippen LogP contribution in [0.1, 0.15) is 303 Å². The van der Waals surface area contributed by atoms with Crippen molar-refractivity contribution in [2.75, 3.05) is 13.2 Å². The van der Waals surface area contributed by atoms with Gasteiger partial charge in [0.25, 0.3) is 0 Å². The molecule has 6 heteroatoms. The fraction of sp³-hybridized carbons (Fsp3) is 0.794. The van der Waals surface area contributed by atoms with Crippen molar-refractivity contribution in [1.29, 1.82) is 0 Å². The van der Waals surface area contributed by atoms with Crippen LogP contribution in [-0.4, -0.2) is 37.2 Å². The molecule has 0 aliphatic rings. The molecule has 1 atom stereocenters. The summed E-state index contributed by atoms with van der Waals surface area (Å²) in [5.74, 6) is -0.896. The Morgan fingerprint density at radius 3 is 0.826 bits per heavy atom. The normalized spacial score (nSPS) is 12.4. The Hall–Kier alpha value is -2.89. The molecule has 0 aromatic heterocycles. The second kappa shape index (κ2) is 57.7. The smallest absolute Gasteiger partial charge is 0.306 e. The summed E-state index contributed by atoms with van der Waals surface area (Å²) in [4.78, 5) is 38.2. The van der Waals surface area contributed by atoms with Crippen LogP contribution in [0.15, 0.2) is 60.8 Å². The minimum Gasteiger partial charge on any atom is -0.462 e. The minimum absolute atomic E-state index is 0.0818. The first-order chi connectivity index (χ1) is 34.0. The van der Waals surface area contributed by atoms with Gasteiger partial charge in [-0.2, -0.15) is 0 Å². The van der Waals surface area contributed by atoms with Crippen LogP contribution in [0, 0.1) is 0 Å². The first-order valence-corrected chi connectivity index (χ1v) is 29.8. The van der Waals surface area contributed by atoms with Crippen molar-refractivity contribution in [2.24, 2.45) is 0 Å². The number of allylic oxidation sites excluding steroid dienone is 10. The predicted molar refractivity (Wildman–Crippen MR) is 298 cm³/mol. The number of carbonyl (C=O) groups is 3. The second-order valence-corrected chi connectivity index (χ2v) is 19.9. The highest BCUT2D eigenvalue weighted by molar-refractivity contribution is 5.71. The molecule has 0 aliphatic carbocycles. The molecule has 0 aromatic rings. The van der Waals surface area contributed by atoms with E-state index in [2.05, 4.69) is 81.5 Å². The van der Waals surface area contributed by atoms with Crippen molar-refractivity contribution in [3.05, 3.63) is 60.8 Å². The van der Waals surface area contributed by atoms with Gasteiger partial charge in [-0.25, -0.2) is 0 Å². The predicted octanol–water partition coefficient (Wildman–Crippen LogP) is 20.0. The van der Waals surface area contributed by atoms with Crippen LogP contribution < -0.4 is 0 Å². The number of esters is 3. The molecule has 0 rings (SSSR count). The molecule has 0 fully saturated rings. The quantitative estimate of drug-likeness (QED) is 0.0262. The van der Waals surface area contributed by atoms with E-state index < -0.39 is 6.10 Å². The van der Waals surface area contributed by atoms with Crippen molar-refractivity contribution >= 4 is 17.9 Å².